The summed E-state index contributed by atoms with van der Waals surface area (Å²) in [5.74, 6) is 0.894. The van der Waals surface area contributed by atoms with Crippen LogP contribution in [0.25, 0.3) is 0 Å². The Hall–Kier alpha value is -0.0800. The molecule has 0 amide bonds. The maximum atomic E-state index is 5.84. The first-order chi connectivity index (χ1) is 6.68. The van der Waals surface area contributed by atoms with E-state index >= 15 is 0 Å². The molecule has 0 spiro atoms. The molecule has 0 heterocycles. The third kappa shape index (κ3) is 1.96. The molecule has 2 heteroatoms. The van der Waals surface area contributed by atoms with Crippen molar-refractivity contribution >= 4 is 0 Å². The number of hydrogen-bond donors (Lipinski definition) is 1. The van der Waals surface area contributed by atoms with Crippen LogP contribution in [0.5, 0.6) is 0 Å². The zero-order valence-corrected chi connectivity index (χ0v) is 9.58. The normalized spacial score (nSPS) is 43.7. The second kappa shape index (κ2) is 4.19. The standard InChI is InChI=1S/C12H24N2/c1-9-5-3-4-6-12(9)14(2)11-7-10(13)8-11/h9-12H,3-8,13H2,1-2H3. The third-order valence-electron chi connectivity index (χ3n) is 4.31. The quantitative estimate of drug-likeness (QED) is 0.732. The number of hydrogen-bond acceptors (Lipinski definition) is 2. The Morgan fingerprint density at radius 2 is 1.79 bits per heavy atom. The van der Waals surface area contributed by atoms with E-state index in [9.17, 15) is 0 Å². The Bertz CT molecular complexity index is 187. The summed E-state index contributed by atoms with van der Waals surface area (Å²) in [6.07, 6.45) is 8.14. The Morgan fingerprint density at radius 1 is 1.14 bits per heavy atom. The zero-order chi connectivity index (χ0) is 10.1. The summed E-state index contributed by atoms with van der Waals surface area (Å²) in [5, 5.41) is 0. The van der Waals surface area contributed by atoms with E-state index in [2.05, 4.69) is 18.9 Å². The second-order valence-electron chi connectivity index (χ2n) is 5.38. The van der Waals surface area contributed by atoms with Gasteiger partial charge in [0.15, 0.2) is 0 Å². The number of rotatable bonds is 2. The summed E-state index contributed by atoms with van der Waals surface area (Å²) in [7, 11) is 2.31. The van der Waals surface area contributed by atoms with Gasteiger partial charge in [0.2, 0.25) is 0 Å². The molecule has 0 radical (unpaired) electrons. The molecule has 2 rings (SSSR count). The Morgan fingerprint density at radius 3 is 2.36 bits per heavy atom. The molecule has 0 aromatic heterocycles. The van der Waals surface area contributed by atoms with E-state index in [1.807, 2.05) is 0 Å². The van der Waals surface area contributed by atoms with E-state index in [1.165, 1.54) is 38.5 Å². The van der Waals surface area contributed by atoms with Crippen LogP contribution < -0.4 is 5.73 Å². The molecule has 0 bridgehead atoms. The largest absolute Gasteiger partial charge is 0.328 e. The highest BCUT2D eigenvalue weighted by atomic mass is 15.2. The van der Waals surface area contributed by atoms with E-state index in [0.29, 0.717) is 6.04 Å². The predicted octanol–water partition coefficient (Wildman–Crippen LogP) is 1.99. The fraction of sp³-hybridized carbons (Fsp3) is 1.00. The van der Waals surface area contributed by atoms with Gasteiger partial charge in [0.1, 0.15) is 0 Å². The molecule has 2 unspecified atom stereocenters. The van der Waals surface area contributed by atoms with Gasteiger partial charge >= 0.3 is 0 Å². The van der Waals surface area contributed by atoms with Gasteiger partial charge in [-0.3, -0.25) is 0 Å². The molecule has 2 nitrogen and oxygen atoms in total. The molecule has 2 aliphatic carbocycles. The van der Waals surface area contributed by atoms with Crippen molar-refractivity contribution < 1.29 is 0 Å². The van der Waals surface area contributed by atoms with Crippen molar-refractivity contribution in [3.8, 4) is 0 Å². The molecule has 0 aliphatic heterocycles. The molecular weight excluding hydrogens is 172 g/mol. The lowest BCUT2D eigenvalue weighted by atomic mass is 9.80. The van der Waals surface area contributed by atoms with E-state index in [-0.39, 0.29) is 0 Å². The van der Waals surface area contributed by atoms with Crippen LogP contribution in [0.4, 0.5) is 0 Å². The first kappa shape index (κ1) is 10.4. The van der Waals surface area contributed by atoms with Crippen molar-refractivity contribution in [1.29, 1.82) is 0 Å². The van der Waals surface area contributed by atoms with Gasteiger partial charge in [-0.25, -0.2) is 0 Å². The Kier molecular flexibility index (Phi) is 3.13. The van der Waals surface area contributed by atoms with Crippen molar-refractivity contribution in [2.24, 2.45) is 11.7 Å². The summed E-state index contributed by atoms with van der Waals surface area (Å²) >= 11 is 0. The maximum absolute atomic E-state index is 5.84. The lowest BCUT2D eigenvalue weighted by Gasteiger charge is -2.46. The van der Waals surface area contributed by atoms with Crippen LogP contribution >= 0.6 is 0 Å². The SMILES string of the molecule is CC1CCCCC1N(C)C1CC(N)C1. The number of nitrogens with two attached hydrogens (primary N) is 1. The van der Waals surface area contributed by atoms with Gasteiger partial charge in [-0.05, 0) is 38.6 Å². The molecular formula is C12H24N2. The molecule has 2 saturated carbocycles. The van der Waals surface area contributed by atoms with Crippen LogP contribution in [0.3, 0.4) is 0 Å². The summed E-state index contributed by atoms with van der Waals surface area (Å²) in [5.41, 5.74) is 5.84. The second-order valence-corrected chi connectivity index (χ2v) is 5.38. The van der Waals surface area contributed by atoms with Crippen LogP contribution in [0.2, 0.25) is 0 Å². The average Bonchev–Trinajstić information content (AvgIpc) is 2.13. The first-order valence-electron chi connectivity index (χ1n) is 6.16. The fourth-order valence-corrected chi connectivity index (χ4v) is 3.13. The van der Waals surface area contributed by atoms with Crippen LogP contribution in [0.1, 0.15) is 45.4 Å². The van der Waals surface area contributed by atoms with Crippen LogP contribution in [-0.4, -0.2) is 30.1 Å². The van der Waals surface area contributed by atoms with Crippen LogP contribution in [0.15, 0.2) is 0 Å². The highest BCUT2D eigenvalue weighted by Crippen LogP contribution is 2.32. The predicted molar refractivity (Wildman–Crippen MR) is 60.2 cm³/mol. The molecule has 0 aromatic carbocycles. The molecule has 2 fully saturated rings. The number of nitrogens with zero attached hydrogens (tertiary/aromatic N) is 1. The topological polar surface area (TPSA) is 29.3 Å². The van der Waals surface area contributed by atoms with E-state index in [1.54, 1.807) is 0 Å². The smallest absolute Gasteiger partial charge is 0.0125 e. The highest BCUT2D eigenvalue weighted by Gasteiger charge is 2.35. The molecule has 0 saturated heterocycles. The average molecular weight is 196 g/mol. The van der Waals surface area contributed by atoms with Gasteiger partial charge in [-0.2, -0.15) is 0 Å². The maximum Gasteiger partial charge on any atom is 0.0125 e. The molecule has 0 aromatic rings. The monoisotopic (exact) mass is 196 g/mol. The lowest BCUT2D eigenvalue weighted by molar-refractivity contribution is 0.0492. The summed E-state index contributed by atoms with van der Waals surface area (Å²) in [4.78, 5) is 2.62. The zero-order valence-electron chi connectivity index (χ0n) is 9.58. The fourth-order valence-electron chi connectivity index (χ4n) is 3.13. The Labute approximate surface area is 87.8 Å². The summed E-state index contributed by atoms with van der Waals surface area (Å²) in [6, 6.07) is 2.11. The lowest BCUT2D eigenvalue weighted by Crippen LogP contribution is -2.54. The minimum absolute atomic E-state index is 0.487. The molecule has 2 atom stereocenters. The molecule has 2 aliphatic rings. The molecule has 82 valence electrons. The Balaban J connectivity index is 1.86. The van der Waals surface area contributed by atoms with E-state index in [4.69, 9.17) is 5.73 Å². The van der Waals surface area contributed by atoms with E-state index < -0.39 is 0 Å². The van der Waals surface area contributed by atoms with Gasteiger partial charge in [-0.1, -0.05) is 19.8 Å². The van der Waals surface area contributed by atoms with Crippen molar-refractivity contribution in [2.45, 2.75) is 63.6 Å². The molecule has 2 N–H and O–H groups in total. The van der Waals surface area contributed by atoms with Gasteiger partial charge in [-0.15, -0.1) is 0 Å². The van der Waals surface area contributed by atoms with Crippen molar-refractivity contribution in [3.05, 3.63) is 0 Å². The van der Waals surface area contributed by atoms with Crippen LogP contribution in [0, 0.1) is 5.92 Å². The summed E-state index contributed by atoms with van der Waals surface area (Å²) in [6.45, 7) is 2.42. The minimum Gasteiger partial charge on any atom is -0.328 e. The molecule has 14 heavy (non-hydrogen) atoms. The van der Waals surface area contributed by atoms with Gasteiger partial charge in [0.25, 0.3) is 0 Å². The van der Waals surface area contributed by atoms with Gasteiger partial charge in [0, 0.05) is 18.1 Å². The van der Waals surface area contributed by atoms with Crippen molar-refractivity contribution in [1.82, 2.24) is 4.90 Å². The van der Waals surface area contributed by atoms with Gasteiger partial charge < -0.3 is 10.6 Å². The summed E-state index contributed by atoms with van der Waals surface area (Å²) < 4.78 is 0. The van der Waals surface area contributed by atoms with Crippen LogP contribution in [-0.2, 0) is 0 Å². The highest BCUT2D eigenvalue weighted by molar-refractivity contribution is 4.92. The minimum atomic E-state index is 0.487. The van der Waals surface area contributed by atoms with E-state index in [0.717, 1.165) is 18.0 Å². The first-order valence-corrected chi connectivity index (χ1v) is 6.16. The third-order valence-corrected chi connectivity index (χ3v) is 4.31. The van der Waals surface area contributed by atoms with Gasteiger partial charge in [0.05, 0.1) is 0 Å². The van der Waals surface area contributed by atoms with Crippen molar-refractivity contribution in [2.75, 3.05) is 7.05 Å². The van der Waals surface area contributed by atoms with Crippen molar-refractivity contribution in [3.63, 3.8) is 0 Å².